The van der Waals surface area contributed by atoms with Crippen LogP contribution in [0.4, 0.5) is 15.8 Å². The molecule has 0 aliphatic carbocycles. The number of carbonyl (C=O) groups excluding carboxylic acids is 1. The first-order chi connectivity index (χ1) is 14.6. The van der Waals surface area contributed by atoms with E-state index in [0.717, 1.165) is 23.4 Å². The maximum absolute atomic E-state index is 15.0. The Morgan fingerprint density at radius 3 is 2.68 bits per heavy atom. The third-order valence-electron chi connectivity index (χ3n) is 5.59. The summed E-state index contributed by atoms with van der Waals surface area (Å²) >= 11 is 6.10. The topological polar surface area (TPSA) is 56.1 Å². The molecule has 160 valence electrons. The monoisotopic (exact) mass is 437 g/mol. The Hall–Kier alpha value is -3.10. The highest BCUT2D eigenvalue weighted by Gasteiger charge is 2.31. The van der Waals surface area contributed by atoms with Crippen LogP contribution in [0, 0.1) is 24.1 Å². The largest absolute Gasteiger partial charge is 0.363 e. The highest BCUT2D eigenvalue weighted by atomic mass is 35.5. The van der Waals surface area contributed by atoms with Crippen LogP contribution < -0.4 is 10.2 Å². The number of hydrogen-bond donors (Lipinski definition) is 1. The Morgan fingerprint density at radius 1 is 1.32 bits per heavy atom. The molecule has 0 atom stereocenters. The van der Waals surface area contributed by atoms with Crippen molar-refractivity contribution < 1.29 is 9.18 Å². The van der Waals surface area contributed by atoms with E-state index in [2.05, 4.69) is 30.1 Å². The van der Waals surface area contributed by atoms with Crippen molar-refractivity contribution >= 4 is 40.5 Å². The van der Waals surface area contributed by atoms with Crippen molar-refractivity contribution in [2.24, 2.45) is 0 Å². The lowest BCUT2D eigenvalue weighted by molar-refractivity contribution is -0.112. The minimum Gasteiger partial charge on any atom is -0.363 e. The van der Waals surface area contributed by atoms with Crippen molar-refractivity contribution in [3.8, 4) is 6.07 Å². The van der Waals surface area contributed by atoms with Gasteiger partial charge in [0.25, 0.3) is 5.91 Å². The molecule has 1 amide bonds. The van der Waals surface area contributed by atoms with Crippen molar-refractivity contribution in [3.05, 3.63) is 69.5 Å². The number of benzene rings is 2. The van der Waals surface area contributed by atoms with Crippen LogP contribution in [0.5, 0.6) is 0 Å². The van der Waals surface area contributed by atoms with Crippen molar-refractivity contribution in [3.63, 3.8) is 0 Å². The summed E-state index contributed by atoms with van der Waals surface area (Å²) in [5.74, 6) is -1.10. The minimum atomic E-state index is -0.617. The zero-order chi connectivity index (χ0) is 22.9. The van der Waals surface area contributed by atoms with E-state index in [-0.39, 0.29) is 16.7 Å². The number of likely N-dealkylation sites (N-methyl/N-ethyl adjacent to an activating group) is 1. The Bertz CT molecular complexity index is 1160. The molecule has 1 aliphatic heterocycles. The summed E-state index contributed by atoms with van der Waals surface area (Å²) in [6.45, 7) is 10.7. The third-order valence-corrected chi connectivity index (χ3v) is 6.00. The average Bonchev–Trinajstić information content (AvgIpc) is 2.69. The number of rotatable bonds is 4. The van der Waals surface area contributed by atoms with Crippen molar-refractivity contribution in [2.45, 2.75) is 40.2 Å². The number of amides is 1. The molecule has 6 heteroatoms. The minimum absolute atomic E-state index is 0.191. The van der Waals surface area contributed by atoms with E-state index in [1.54, 1.807) is 31.2 Å². The zero-order valence-electron chi connectivity index (χ0n) is 18.3. The summed E-state index contributed by atoms with van der Waals surface area (Å²) in [7, 11) is 0. The predicted octanol–water partition coefficient (Wildman–Crippen LogP) is 6.36. The molecular formula is C25H25ClFN3O. The average molecular weight is 438 g/mol. The summed E-state index contributed by atoms with van der Waals surface area (Å²) in [5.41, 5.74) is 3.68. The van der Waals surface area contributed by atoms with Gasteiger partial charge in [-0.1, -0.05) is 23.7 Å². The predicted molar refractivity (Wildman–Crippen MR) is 126 cm³/mol. The first-order valence-corrected chi connectivity index (χ1v) is 10.5. The Labute approximate surface area is 187 Å². The summed E-state index contributed by atoms with van der Waals surface area (Å²) in [6, 6.07) is 10.2. The van der Waals surface area contributed by atoms with Crippen LogP contribution in [0.15, 0.2) is 42.0 Å². The Morgan fingerprint density at radius 2 is 2.03 bits per heavy atom. The van der Waals surface area contributed by atoms with Gasteiger partial charge in [0.15, 0.2) is 0 Å². The number of nitriles is 1. The number of nitrogens with zero attached hydrogens (tertiary/aromatic N) is 2. The first kappa shape index (κ1) is 22.6. The molecule has 3 rings (SSSR count). The van der Waals surface area contributed by atoms with Crippen molar-refractivity contribution in [2.75, 3.05) is 16.8 Å². The van der Waals surface area contributed by atoms with Crippen LogP contribution in [0.1, 0.15) is 44.4 Å². The Balaban J connectivity index is 2.01. The standard InChI is InChI=1S/C25H25ClFN3O/c1-6-30-23-12-21(27)17(11-19(23)15(2)13-25(30,4)5)10-18(14-28)24(31)29-22-9-7-8-20(26)16(22)3/h7-13H,6H2,1-5H3,(H,29,31)/b18-10+. The lowest BCUT2D eigenvalue weighted by Crippen LogP contribution is -2.45. The number of halogens is 2. The maximum atomic E-state index is 15.0. The van der Waals surface area contributed by atoms with Gasteiger partial charge in [-0.05, 0) is 76.1 Å². The smallest absolute Gasteiger partial charge is 0.266 e. The second-order valence-electron chi connectivity index (χ2n) is 8.15. The van der Waals surface area contributed by atoms with Crippen LogP contribution in [-0.2, 0) is 4.79 Å². The fourth-order valence-electron chi connectivity index (χ4n) is 4.04. The van der Waals surface area contributed by atoms with Gasteiger partial charge >= 0.3 is 0 Å². The summed E-state index contributed by atoms with van der Waals surface area (Å²) < 4.78 is 15.0. The molecule has 0 radical (unpaired) electrons. The van der Waals surface area contributed by atoms with E-state index in [1.165, 1.54) is 12.1 Å². The van der Waals surface area contributed by atoms with Crippen molar-refractivity contribution in [1.29, 1.82) is 5.26 Å². The van der Waals surface area contributed by atoms with Crippen LogP contribution >= 0.6 is 11.6 Å². The van der Waals surface area contributed by atoms with E-state index in [0.29, 0.717) is 16.3 Å². The first-order valence-electron chi connectivity index (χ1n) is 10.1. The highest BCUT2D eigenvalue weighted by Crippen LogP contribution is 2.40. The van der Waals surface area contributed by atoms with Gasteiger partial charge in [-0.25, -0.2) is 4.39 Å². The van der Waals surface area contributed by atoms with E-state index in [9.17, 15) is 10.1 Å². The number of allylic oxidation sites excluding steroid dienone is 1. The van der Waals surface area contributed by atoms with Crippen LogP contribution in [-0.4, -0.2) is 18.0 Å². The molecule has 1 heterocycles. The quantitative estimate of drug-likeness (QED) is 0.447. The van der Waals surface area contributed by atoms with E-state index in [4.69, 9.17) is 11.6 Å². The van der Waals surface area contributed by atoms with E-state index < -0.39 is 11.7 Å². The second kappa shape index (κ2) is 8.56. The Kier molecular flexibility index (Phi) is 6.24. The molecule has 2 aromatic carbocycles. The number of fused-ring (bicyclic) bond motifs is 1. The van der Waals surface area contributed by atoms with Gasteiger partial charge in [0, 0.05) is 34.1 Å². The van der Waals surface area contributed by atoms with Gasteiger partial charge in [0.2, 0.25) is 0 Å². The molecule has 0 saturated heterocycles. The van der Waals surface area contributed by atoms with Gasteiger partial charge in [0.05, 0.1) is 5.54 Å². The molecule has 1 aliphatic rings. The van der Waals surface area contributed by atoms with Crippen LogP contribution in [0.3, 0.4) is 0 Å². The molecular weight excluding hydrogens is 413 g/mol. The van der Waals surface area contributed by atoms with Gasteiger partial charge in [-0.3, -0.25) is 4.79 Å². The summed E-state index contributed by atoms with van der Waals surface area (Å²) in [6.07, 6.45) is 3.43. The molecule has 31 heavy (non-hydrogen) atoms. The molecule has 0 saturated carbocycles. The van der Waals surface area contributed by atoms with Gasteiger partial charge in [-0.15, -0.1) is 0 Å². The lowest BCUT2D eigenvalue weighted by Gasteiger charge is -2.42. The summed E-state index contributed by atoms with van der Waals surface area (Å²) in [5, 5.41) is 12.7. The molecule has 4 nitrogen and oxygen atoms in total. The maximum Gasteiger partial charge on any atom is 0.266 e. The number of nitrogens with one attached hydrogen (secondary N) is 1. The van der Waals surface area contributed by atoms with Crippen molar-refractivity contribution in [1.82, 2.24) is 0 Å². The second-order valence-corrected chi connectivity index (χ2v) is 8.56. The number of carbonyl (C=O) groups is 1. The molecule has 2 aromatic rings. The van der Waals surface area contributed by atoms with Crippen LogP contribution in [0.2, 0.25) is 5.02 Å². The number of hydrogen-bond acceptors (Lipinski definition) is 3. The molecule has 1 N–H and O–H groups in total. The summed E-state index contributed by atoms with van der Waals surface area (Å²) in [4.78, 5) is 14.8. The molecule has 0 bridgehead atoms. The molecule has 0 unspecified atom stereocenters. The molecule has 0 spiro atoms. The molecule has 0 fully saturated rings. The van der Waals surface area contributed by atoms with E-state index in [1.807, 2.05) is 19.9 Å². The van der Waals surface area contributed by atoms with Gasteiger partial charge in [-0.2, -0.15) is 5.26 Å². The number of anilines is 2. The zero-order valence-corrected chi connectivity index (χ0v) is 19.1. The van der Waals surface area contributed by atoms with Gasteiger partial charge < -0.3 is 10.2 Å². The normalized spacial score (nSPS) is 15.1. The van der Waals surface area contributed by atoms with E-state index >= 15 is 4.39 Å². The highest BCUT2D eigenvalue weighted by molar-refractivity contribution is 6.31. The van der Waals surface area contributed by atoms with Crippen LogP contribution in [0.25, 0.3) is 11.6 Å². The third kappa shape index (κ3) is 4.35. The SMILES string of the molecule is CCN1c2cc(F)c(/C=C(\C#N)C(=O)Nc3cccc(Cl)c3C)cc2C(C)=CC1(C)C. The fraction of sp³-hybridized carbons (Fsp3) is 0.280. The fourth-order valence-corrected chi connectivity index (χ4v) is 4.21. The molecule has 0 aromatic heterocycles. The van der Waals surface area contributed by atoms with Gasteiger partial charge in [0.1, 0.15) is 17.5 Å². The lowest BCUT2D eigenvalue weighted by atomic mass is 9.87.